The van der Waals surface area contributed by atoms with Crippen molar-refractivity contribution < 1.29 is 18.9 Å². The summed E-state index contributed by atoms with van der Waals surface area (Å²) in [6, 6.07) is 16.4. The number of rotatable bonds is 6. The van der Waals surface area contributed by atoms with Gasteiger partial charge in [0.2, 0.25) is 11.6 Å². The van der Waals surface area contributed by atoms with Crippen molar-refractivity contribution in [2.75, 3.05) is 34.5 Å². The van der Waals surface area contributed by atoms with Crippen molar-refractivity contribution in [3.05, 3.63) is 65.9 Å². The molecule has 1 aromatic heterocycles. The predicted octanol–water partition coefficient (Wildman–Crippen LogP) is 4.17. The maximum Gasteiger partial charge on any atom is 0.218 e. The van der Waals surface area contributed by atoms with Crippen molar-refractivity contribution >= 4 is 0 Å². The van der Waals surface area contributed by atoms with Crippen LogP contribution in [0.15, 0.2) is 54.7 Å². The van der Waals surface area contributed by atoms with Gasteiger partial charge in [0, 0.05) is 31.4 Å². The highest BCUT2D eigenvalue weighted by Crippen LogP contribution is 2.39. The van der Waals surface area contributed by atoms with Gasteiger partial charge < -0.3 is 18.9 Å². The van der Waals surface area contributed by atoms with Crippen LogP contribution in [-0.4, -0.2) is 44.4 Å². The van der Waals surface area contributed by atoms with Gasteiger partial charge in [0.25, 0.3) is 0 Å². The number of methoxy groups -OCH3 is 3. The van der Waals surface area contributed by atoms with Crippen LogP contribution in [0.25, 0.3) is 11.1 Å². The number of aromatic nitrogens is 1. The quantitative estimate of drug-likeness (QED) is 0.613. The van der Waals surface area contributed by atoms with Crippen molar-refractivity contribution in [1.82, 2.24) is 9.88 Å². The van der Waals surface area contributed by atoms with Crippen LogP contribution in [0, 0.1) is 0 Å². The lowest BCUT2D eigenvalue weighted by atomic mass is 10.0. The summed E-state index contributed by atoms with van der Waals surface area (Å²) in [7, 11) is 4.88. The van der Waals surface area contributed by atoms with Gasteiger partial charge in [-0.15, -0.1) is 0 Å². The molecule has 0 atom stereocenters. The third-order valence-corrected chi connectivity index (χ3v) is 5.26. The topological polar surface area (TPSA) is 53.1 Å². The average molecular weight is 406 g/mol. The van der Waals surface area contributed by atoms with E-state index >= 15 is 0 Å². The maximum atomic E-state index is 5.98. The van der Waals surface area contributed by atoms with E-state index < -0.39 is 0 Å². The Morgan fingerprint density at radius 2 is 1.70 bits per heavy atom. The van der Waals surface area contributed by atoms with Crippen LogP contribution in [0.2, 0.25) is 0 Å². The molecule has 0 spiro atoms. The fourth-order valence-corrected chi connectivity index (χ4v) is 3.83. The molecule has 1 aliphatic rings. The first-order valence-electron chi connectivity index (χ1n) is 9.90. The fourth-order valence-electron chi connectivity index (χ4n) is 3.83. The Hall–Kier alpha value is -3.25. The van der Waals surface area contributed by atoms with E-state index in [1.54, 1.807) is 21.3 Å². The van der Waals surface area contributed by atoms with Gasteiger partial charge in [-0.1, -0.05) is 30.3 Å². The zero-order valence-electron chi connectivity index (χ0n) is 17.6. The minimum absolute atomic E-state index is 0.586. The predicted molar refractivity (Wildman–Crippen MR) is 115 cm³/mol. The van der Waals surface area contributed by atoms with E-state index in [1.165, 1.54) is 0 Å². The van der Waals surface area contributed by atoms with Crippen LogP contribution in [0.1, 0.15) is 11.1 Å². The number of ether oxygens (including phenoxy) is 4. The highest BCUT2D eigenvalue weighted by molar-refractivity contribution is 5.69. The van der Waals surface area contributed by atoms with E-state index in [4.69, 9.17) is 18.9 Å². The van der Waals surface area contributed by atoms with Gasteiger partial charge in [-0.2, -0.15) is 0 Å². The molecule has 0 N–H and O–H groups in total. The van der Waals surface area contributed by atoms with Crippen molar-refractivity contribution in [2.24, 2.45) is 0 Å². The van der Waals surface area contributed by atoms with Gasteiger partial charge in [0.05, 0.1) is 21.3 Å². The average Bonchev–Trinajstić information content (AvgIpc) is 3.00. The minimum Gasteiger partial charge on any atom is -0.493 e. The molecule has 2 heterocycles. The second-order valence-electron chi connectivity index (χ2n) is 7.10. The molecule has 6 heteroatoms. The van der Waals surface area contributed by atoms with E-state index in [0.29, 0.717) is 29.7 Å². The van der Waals surface area contributed by atoms with Gasteiger partial charge >= 0.3 is 0 Å². The number of hydrogen-bond donors (Lipinski definition) is 0. The smallest absolute Gasteiger partial charge is 0.218 e. The molecule has 6 nitrogen and oxygen atoms in total. The molecule has 0 unspecified atom stereocenters. The Kier molecular flexibility index (Phi) is 6.05. The van der Waals surface area contributed by atoms with Gasteiger partial charge in [-0.25, -0.2) is 4.98 Å². The van der Waals surface area contributed by atoms with Gasteiger partial charge in [0.1, 0.15) is 6.61 Å². The third-order valence-electron chi connectivity index (χ3n) is 5.26. The fraction of sp³-hybridized carbons (Fsp3) is 0.292. The molecule has 0 fully saturated rings. The first-order valence-corrected chi connectivity index (χ1v) is 9.90. The van der Waals surface area contributed by atoms with Crippen molar-refractivity contribution in [2.45, 2.75) is 13.1 Å². The van der Waals surface area contributed by atoms with Crippen LogP contribution in [0.3, 0.4) is 0 Å². The normalized spacial score (nSPS) is 13.7. The van der Waals surface area contributed by atoms with Crippen molar-refractivity contribution in [3.63, 3.8) is 0 Å². The Balaban J connectivity index is 1.65. The molecule has 0 aliphatic carbocycles. The Morgan fingerprint density at radius 1 is 0.967 bits per heavy atom. The summed E-state index contributed by atoms with van der Waals surface area (Å²) in [6.07, 6.45) is 1.82. The molecule has 3 aromatic rings. The number of pyridine rings is 1. The van der Waals surface area contributed by atoms with Gasteiger partial charge in [-0.05, 0) is 34.9 Å². The lowest BCUT2D eigenvalue weighted by Gasteiger charge is -2.22. The molecule has 2 aromatic carbocycles. The number of benzene rings is 2. The molecular weight excluding hydrogens is 380 g/mol. The van der Waals surface area contributed by atoms with Crippen molar-refractivity contribution in [1.29, 1.82) is 0 Å². The van der Waals surface area contributed by atoms with Crippen LogP contribution in [0.4, 0.5) is 0 Å². The summed E-state index contributed by atoms with van der Waals surface area (Å²) >= 11 is 0. The van der Waals surface area contributed by atoms with Gasteiger partial charge in [0.15, 0.2) is 11.5 Å². The molecule has 0 radical (unpaired) electrons. The molecule has 30 heavy (non-hydrogen) atoms. The molecule has 0 saturated carbocycles. The van der Waals surface area contributed by atoms with E-state index in [2.05, 4.69) is 28.1 Å². The largest absolute Gasteiger partial charge is 0.493 e. The van der Waals surface area contributed by atoms with Crippen LogP contribution < -0.4 is 18.9 Å². The molecule has 0 bridgehead atoms. The van der Waals surface area contributed by atoms with E-state index in [1.807, 2.05) is 36.5 Å². The minimum atomic E-state index is 0.586. The second-order valence-corrected chi connectivity index (χ2v) is 7.10. The van der Waals surface area contributed by atoms with Crippen LogP contribution >= 0.6 is 0 Å². The zero-order chi connectivity index (χ0) is 20.9. The first-order chi connectivity index (χ1) is 14.7. The number of hydrogen-bond acceptors (Lipinski definition) is 6. The van der Waals surface area contributed by atoms with Crippen LogP contribution in [0.5, 0.6) is 23.1 Å². The monoisotopic (exact) mass is 406 g/mol. The highest BCUT2D eigenvalue weighted by Gasteiger charge is 2.21. The lowest BCUT2D eigenvalue weighted by molar-refractivity contribution is 0.216. The standard InChI is InChI=1S/C24H26N2O4/c1-27-21-13-17(14-22(28-2)23(21)29-3)15-26-11-12-30-24-20(16-26)19(9-10-25-24)18-7-5-4-6-8-18/h4-10,13-14H,11-12,15-16H2,1-3H3. The summed E-state index contributed by atoms with van der Waals surface area (Å²) in [6.45, 7) is 2.84. The Labute approximate surface area is 177 Å². The van der Waals surface area contributed by atoms with E-state index in [0.717, 1.165) is 41.9 Å². The maximum absolute atomic E-state index is 5.98. The van der Waals surface area contributed by atoms with E-state index in [-0.39, 0.29) is 0 Å². The number of nitrogens with zero attached hydrogens (tertiary/aromatic N) is 2. The zero-order valence-corrected chi connectivity index (χ0v) is 17.6. The summed E-state index contributed by atoms with van der Waals surface area (Å²) in [5.74, 6) is 2.63. The van der Waals surface area contributed by atoms with Crippen molar-refractivity contribution in [3.8, 4) is 34.3 Å². The van der Waals surface area contributed by atoms with Crippen LogP contribution in [-0.2, 0) is 13.1 Å². The molecule has 4 rings (SSSR count). The lowest BCUT2D eigenvalue weighted by Crippen LogP contribution is -2.25. The van der Waals surface area contributed by atoms with Gasteiger partial charge in [-0.3, -0.25) is 4.90 Å². The molecule has 0 amide bonds. The molecule has 0 saturated heterocycles. The second kappa shape index (κ2) is 9.05. The summed E-state index contributed by atoms with van der Waals surface area (Å²) in [4.78, 5) is 6.83. The third kappa shape index (κ3) is 4.04. The first kappa shape index (κ1) is 20.0. The SMILES string of the molecule is COc1cc(CN2CCOc3nccc(-c4ccccc4)c3C2)cc(OC)c1OC. The molecule has 156 valence electrons. The highest BCUT2D eigenvalue weighted by atomic mass is 16.5. The van der Waals surface area contributed by atoms with E-state index in [9.17, 15) is 0 Å². The Bertz CT molecular complexity index is 982. The summed E-state index contributed by atoms with van der Waals surface area (Å²) in [5, 5.41) is 0. The summed E-state index contributed by atoms with van der Waals surface area (Å²) < 4.78 is 22.4. The summed E-state index contributed by atoms with van der Waals surface area (Å²) in [5.41, 5.74) is 4.50. The number of fused-ring (bicyclic) bond motifs is 1. The Morgan fingerprint density at radius 3 is 2.37 bits per heavy atom. The molecular formula is C24H26N2O4. The molecule has 1 aliphatic heterocycles.